The lowest BCUT2D eigenvalue weighted by atomic mass is 10.1. The highest BCUT2D eigenvalue weighted by Gasteiger charge is 2.21. The van der Waals surface area contributed by atoms with Crippen LogP contribution >= 0.6 is 0 Å². The van der Waals surface area contributed by atoms with Gasteiger partial charge in [-0.05, 0) is 24.7 Å². The van der Waals surface area contributed by atoms with Crippen molar-refractivity contribution in [2.45, 2.75) is 6.54 Å². The van der Waals surface area contributed by atoms with Gasteiger partial charge >= 0.3 is 0 Å². The van der Waals surface area contributed by atoms with Gasteiger partial charge < -0.3 is 15.0 Å². The highest BCUT2D eigenvalue weighted by atomic mass is 16.5. The quantitative estimate of drug-likeness (QED) is 0.776. The van der Waals surface area contributed by atoms with Crippen LogP contribution in [-0.2, 0) is 11.3 Å². The molecule has 1 aromatic rings. The summed E-state index contributed by atoms with van der Waals surface area (Å²) in [7, 11) is 3.66. The second-order valence-electron chi connectivity index (χ2n) is 3.57. The number of amides is 1. The molecule has 0 aliphatic carbocycles. The first kappa shape index (κ1) is 9.98. The van der Waals surface area contributed by atoms with Crippen molar-refractivity contribution in [3.05, 3.63) is 23.8 Å². The second kappa shape index (κ2) is 3.90. The summed E-state index contributed by atoms with van der Waals surface area (Å²) in [6.07, 6.45) is 0. The Morgan fingerprint density at radius 1 is 1.53 bits per heavy atom. The third-order valence-corrected chi connectivity index (χ3v) is 2.49. The van der Waals surface area contributed by atoms with Crippen molar-refractivity contribution in [1.29, 1.82) is 0 Å². The van der Waals surface area contributed by atoms with Crippen LogP contribution in [0.3, 0.4) is 0 Å². The lowest BCUT2D eigenvalue weighted by Gasteiger charge is -2.26. The van der Waals surface area contributed by atoms with Gasteiger partial charge in [-0.3, -0.25) is 4.79 Å². The van der Waals surface area contributed by atoms with Crippen molar-refractivity contribution < 1.29 is 9.53 Å². The first-order valence-corrected chi connectivity index (χ1v) is 4.89. The Hall–Kier alpha value is -1.55. The molecule has 15 heavy (non-hydrogen) atoms. The maximum absolute atomic E-state index is 11.4. The van der Waals surface area contributed by atoms with E-state index in [1.165, 1.54) is 0 Å². The molecular formula is C11H14N2O2. The fourth-order valence-electron chi connectivity index (χ4n) is 1.63. The zero-order valence-corrected chi connectivity index (χ0v) is 8.91. The van der Waals surface area contributed by atoms with Crippen molar-refractivity contribution in [2.75, 3.05) is 25.6 Å². The Morgan fingerprint density at radius 2 is 2.33 bits per heavy atom. The molecule has 0 spiro atoms. The molecule has 1 aliphatic heterocycles. The van der Waals surface area contributed by atoms with Gasteiger partial charge in [0.2, 0.25) is 0 Å². The van der Waals surface area contributed by atoms with E-state index in [1.54, 1.807) is 11.9 Å². The standard InChI is InChI=1S/C11H14N2O2/c1-12-6-8-3-4-10-9(5-8)13(2)11(14)7-15-10/h3-5,12H,6-7H2,1-2H3. The van der Waals surface area contributed by atoms with E-state index in [0.717, 1.165) is 23.5 Å². The Bertz CT molecular complexity index is 390. The van der Waals surface area contributed by atoms with Crippen LogP contribution in [0.2, 0.25) is 0 Å². The molecule has 0 radical (unpaired) electrons. The predicted molar refractivity (Wildman–Crippen MR) is 58.1 cm³/mol. The number of ether oxygens (including phenoxy) is 1. The van der Waals surface area contributed by atoms with Crippen LogP contribution in [0.25, 0.3) is 0 Å². The van der Waals surface area contributed by atoms with Crippen LogP contribution in [0.4, 0.5) is 5.69 Å². The zero-order chi connectivity index (χ0) is 10.8. The van der Waals surface area contributed by atoms with E-state index in [4.69, 9.17) is 4.74 Å². The SMILES string of the molecule is CNCc1ccc2c(c1)N(C)C(=O)CO2. The fraction of sp³-hybridized carbons (Fsp3) is 0.364. The number of hydrogen-bond donors (Lipinski definition) is 1. The molecule has 0 atom stereocenters. The van der Waals surface area contributed by atoms with Crippen molar-refractivity contribution in [1.82, 2.24) is 5.32 Å². The smallest absolute Gasteiger partial charge is 0.264 e. The number of benzene rings is 1. The van der Waals surface area contributed by atoms with Crippen LogP contribution in [0.5, 0.6) is 5.75 Å². The molecule has 0 saturated heterocycles. The zero-order valence-electron chi connectivity index (χ0n) is 8.91. The van der Waals surface area contributed by atoms with Crippen molar-refractivity contribution in [3.63, 3.8) is 0 Å². The molecule has 1 heterocycles. The average Bonchev–Trinajstić information content (AvgIpc) is 2.25. The monoisotopic (exact) mass is 206 g/mol. The van der Waals surface area contributed by atoms with E-state index in [9.17, 15) is 4.79 Å². The van der Waals surface area contributed by atoms with E-state index >= 15 is 0 Å². The van der Waals surface area contributed by atoms with Gasteiger partial charge in [0, 0.05) is 13.6 Å². The number of likely N-dealkylation sites (N-methyl/N-ethyl adjacent to an activating group) is 1. The summed E-state index contributed by atoms with van der Waals surface area (Å²) in [5.41, 5.74) is 1.99. The lowest BCUT2D eigenvalue weighted by molar-refractivity contribution is -0.120. The van der Waals surface area contributed by atoms with E-state index in [-0.39, 0.29) is 12.5 Å². The number of nitrogens with one attached hydrogen (secondary N) is 1. The minimum absolute atomic E-state index is 0.0101. The Balaban J connectivity index is 2.36. The highest BCUT2D eigenvalue weighted by Crippen LogP contribution is 2.31. The summed E-state index contributed by atoms with van der Waals surface area (Å²) in [5.74, 6) is 0.765. The van der Waals surface area contributed by atoms with E-state index in [0.29, 0.717) is 0 Å². The van der Waals surface area contributed by atoms with Gasteiger partial charge in [-0.1, -0.05) is 6.07 Å². The summed E-state index contributed by atoms with van der Waals surface area (Å²) >= 11 is 0. The number of nitrogens with zero attached hydrogens (tertiary/aromatic N) is 1. The summed E-state index contributed by atoms with van der Waals surface area (Å²) in [5, 5.41) is 3.07. The summed E-state index contributed by atoms with van der Waals surface area (Å²) in [4.78, 5) is 13.0. The van der Waals surface area contributed by atoms with Gasteiger partial charge in [0.1, 0.15) is 5.75 Å². The highest BCUT2D eigenvalue weighted by molar-refractivity contribution is 5.97. The lowest BCUT2D eigenvalue weighted by Crippen LogP contribution is -2.35. The molecule has 1 amide bonds. The number of anilines is 1. The third-order valence-electron chi connectivity index (χ3n) is 2.49. The summed E-state index contributed by atoms with van der Waals surface area (Å²) < 4.78 is 5.33. The maximum Gasteiger partial charge on any atom is 0.264 e. The molecule has 0 aromatic heterocycles. The number of fused-ring (bicyclic) bond motifs is 1. The van der Waals surface area contributed by atoms with E-state index in [1.807, 2.05) is 25.2 Å². The summed E-state index contributed by atoms with van der Waals surface area (Å²) in [6, 6.07) is 5.88. The topological polar surface area (TPSA) is 41.6 Å². The van der Waals surface area contributed by atoms with Gasteiger partial charge in [-0.2, -0.15) is 0 Å². The number of carbonyl (C=O) groups is 1. The summed E-state index contributed by atoms with van der Waals surface area (Å²) in [6.45, 7) is 0.921. The third kappa shape index (κ3) is 1.80. The van der Waals surface area contributed by atoms with Crippen LogP contribution in [0, 0.1) is 0 Å². The number of hydrogen-bond acceptors (Lipinski definition) is 3. The average molecular weight is 206 g/mol. The predicted octanol–water partition coefficient (Wildman–Crippen LogP) is 0.761. The van der Waals surface area contributed by atoms with Gasteiger partial charge in [0.05, 0.1) is 5.69 Å². The molecular weight excluding hydrogens is 192 g/mol. The Kier molecular flexibility index (Phi) is 2.60. The maximum atomic E-state index is 11.4. The molecule has 0 saturated carbocycles. The minimum Gasteiger partial charge on any atom is -0.482 e. The second-order valence-corrected chi connectivity index (χ2v) is 3.57. The fourth-order valence-corrected chi connectivity index (χ4v) is 1.63. The van der Waals surface area contributed by atoms with E-state index < -0.39 is 0 Å². The van der Waals surface area contributed by atoms with Crippen molar-refractivity contribution in [2.24, 2.45) is 0 Å². The van der Waals surface area contributed by atoms with Crippen molar-refractivity contribution in [3.8, 4) is 5.75 Å². The van der Waals surface area contributed by atoms with Gasteiger partial charge in [-0.15, -0.1) is 0 Å². The first-order chi connectivity index (χ1) is 7.22. The normalized spacial score (nSPS) is 14.8. The van der Waals surface area contributed by atoms with Gasteiger partial charge in [-0.25, -0.2) is 0 Å². The largest absolute Gasteiger partial charge is 0.482 e. The number of rotatable bonds is 2. The van der Waals surface area contributed by atoms with Gasteiger partial charge in [0.25, 0.3) is 5.91 Å². The van der Waals surface area contributed by atoms with Gasteiger partial charge in [0.15, 0.2) is 6.61 Å². The molecule has 0 unspecified atom stereocenters. The van der Waals surface area contributed by atoms with Crippen LogP contribution in [0.15, 0.2) is 18.2 Å². The van der Waals surface area contributed by atoms with Crippen molar-refractivity contribution >= 4 is 11.6 Å². The first-order valence-electron chi connectivity index (χ1n) is 4.89. The molecule has 0 bridgehead atoms. The molecule has 4 nitrogen and oxygen atoms in total. The molecule has 1 aromatic carbocycles. The van der Waals surface area contributed by atoms with Crippen LogP contribution in [-0.4, -0.2) is 26.6 Å². The number of carbonyl (C=O) groups excluding carboxylic acids is 1. The van der Waals surface area contributed by atoms with Crippen LogP contribution < -0.4 is 15.0 Å². The molecule has 4 heteroatoms. The van der Waals surface area contributed by atoms with E-state index in [2.05, 4.69) is 5.32 Å². The van der Waals surface area contributed by atoms with Crippen LogP contribution in [0.1, 0.15) is 5.56 Å². The minimum atomic E-state index is -0.0101. The Morgan fingerprint density at radius 3 is 3.07 bits per heavy atom. The Labute approximate surface area is 88.8 Å². The molecule has 1 aliphatic rings. The molecule has 1 N–H and O–H groups in total. The molecule has 2 rings (SSSR count). The molecule has 80 valence electrons. The molecule has 0 fully saturated rings.